The molecular weight excluding hydrogens is 474 g/mol. The maximum Gasteiger partial charge on any atom is 0.324 e. The molecular formula is C23H25N5O6S. The lowest BCUT2D eigenvalue weighted by Crippen LogP contribution is -2.41. The van der Waals surface area contributed by atoms with Crippen molar-refractivity contribution in [2.75, 3.05) is 19.6 Å². The number of carbonyl (C=O) groups excluding carboxylic acids is 4. The lowest BCUT2D eigenvalue weighted by atomic mass is 10.1. The van der Waals surface area contributed by atoms with Crippen molar-refractivity contribution in [1.29, 1.82) is 0 Å². The summed E-state index contributed by atoms with van der Waals surface area (Å²) < 4.78 is 27.2. The third-order valence-electron chi connectivity index (χ3n) is 5.81. The fourth-order valence-corrected chi connectivity index (χ4v) is 5.48. The predicted octanol–water partition coefficient (Wildman–Crippen LogP) is 0.988. The molecule has 0 unspecified atom stereocenters. The lowest BCUT2D eigenvalue weighted by Gasteiger charge is -2.26. The van der Waals surface area contributed by atoms with E-state index in [1.807, 2.05) is 0 Å². The first kappa shape index (κ1) is 24.4. The highest BCUT2D eigenvalue weighted by Crippen LogP contribution is 2.21. The van der Waals surface area contributed by atoms with Crippen LogP contribution in [0.3, 0.4) is 0 Å². The van der Waals surface area contributed by atoms with Crippen molar-refractivity contribution in [2.24, 2.45) is 0 Å². The van der Waals surface area contributed by atoms with E-state index in [2.05, 4.69) is 16.2 Å². The van der Waals surface area contributed by atoms with E-state index < -0.39 is 27.9 Å². The second-order valence-electron chi connectivity index (χ2n) is 8.24. The Bertz CT molecular complexity index is 1260. The summed E-state index contributed by atoms with van der Waals surface area (Å²) in [7, 11) is -3.71. The lowest BCUT2D eigenvalue weighted by molar-refractivity contribution is -0.125. The van der Waals surface area contributed by atoms with Crippen LogP contribution in [0.2, 0.25) is 0 Å². The van der Waals surface area contributed by atoms with Crippen LogP contribution in [0.5, 0.6) is 0 Å². The quantitative estimate of drug-likeness (QED) is 0.399. The number of nitrogens with one attached hydrogen (secondary N) is 3. The molecule has 0 bridgehead atoms. The molecule has 0 saturated carbocycles. The molecule has 2 heterocycles. The first-order chi connectivity index (χ1) is 16.8. The van der Waals surface area contributed by atoms with E-state index in [-0.39, 0.29) is 35.0 Å². The molecule has 184 valence electrons. The number of sulfonamides is 1. The summed E-state index contributed by atoms with van der Waals surface area (Å²) in [5.74, 6) is -1.65. The third-order valence-corrected chi connectivity index (χ3v) is 7.70. The molecule has 0 atom stereocenters. The summed E-state index contributed by atoms with van der Waals surface area (Å²) in [5.41, 5.74) is 5.43. The Hall–Kier alpha value is -3.77. The smallest absolute Gasteiger partial charge is 0.324 e. The highest BCUT2D eigenvalue weighted by molar-refractivity contribution is 7.89. The molecule has 11 nitrogen and oxygen atoms in total. The highest BCUT2D eigenvalue weighted by atomic mass is 32.2. The van der Waals surface area contributed by atoms with Gasteiger partial charge in [0.2, 0.25) is 15.9 Å². The van der Waals surface area contributed by atoms with Crippen LogP contribution in [0, 0.1) is 0 Å². The van der Waals surface area contributed by atoms with Crippen molar-refractivity contribution >= 4 is 33.8 Å². The number of benzene rings is 2. The summed E-state index contributed by atoms with van der Waals surface area (Å²) >= 11 is 0. The molecule has 2 aromatic rings. The van der Waals surface area contributed by atoms with Gasteiger partial charge in [0.25, 0.3) is 11.8 Å². The Kier molecular flexibility index (Phi) is 7.12. The minimum atomic E-state index is -3.71. The first-order valence-electron chi connectivity index (χ1n) is 11.1. The van der Waals surface area contributed by atoms with Crippen LogP contribution in [0.4, 0.5) is 4.79 Å². The molecule has 2 aliphatic heterocycles. The Morgan fingerprint density at radius 2 is 1.51 bits per heavy atom. The summed E-state index contributed by atoms with van der Waals surface area (Å²) in [4.78, 5) is 49.7. The fraction of sp³-hybridized carbons (Fsp3) is 0.304. The molecule has 5 amide bonds. The van der Waals surface area contributed by atoms with Crippen LogP contribution >= 0.6 is 0 Å². The highest BCUT2D eigenvalue weighted by Gasteiger charge is 2.29. The first-order valence-corrected chi connectivity index (χ1v) is 12.6. The number of amides is 5. The van der Waals surface area contributed by atoms with Crippen molar-refractivity contribution < 1.29 is 27.6 Å². The zero-order chi connectivity index (χ0) is 25.0. The number of imide groups is 1. The number of hydrogen-bond donors (Lipinski definition) is 3. The largest absolute Gasteiger partial charge is 0.329 e. The normalized spacial score (nSPS) is 16.6. The zero-order valence-corrected chi connectivity index (χ0v) is 19.6. The van der Waals surface area contributed by atoms with Crippen molar-refractivity contribution in [2.45, 2.75) is 30.7 Å². The van der Waals surface area contributed by atoms with Gasteiger partial charge in [-0.25, -0.2) is 13.2 Å². The average molecular weight is 500 g/mol. The van der Waals surface area contributed by atoms with Gasteiger partial charge in [-0.3, -0.25) is 30.1 Å². The van der Waals surface area contributed by atoms with E-state index in [0.29, 0.717) is 18.7 Å². The third kappa shape index (κ3) is 5.49. The van der Waals surface area contributed by atoms with Crippen LogP contribution in [-0.4, -0.2) is 61.0 Å². The van der Waals surface area contributed by atoms with Gasteiger partial charge in [0.15, 0.2) is 0 Å². The van der Waals surface area contributed by atoms with Gasteiger partial charge >= 0.3 is 6.03 Å². The van der Waals surface area contributed by atoms with E-state index in [1.165, 1.54) is 40.7 Å². The van der Waals surface area contributed by atoms with Crippen LogP contribution in [0.25, 0.3) is 0 Å². The van der Waals surface area contributed by atoms with Gasteiger partial charge in [-0.05, 0) is 48.7 Å². The summed E-state index contributed by atoms with van der Waals surface area (Å²) in [6.45, 7) is 0.844. The van der Waals surface area contributed by atoms with Gasteiger partial charge in [0.05, 0.1) is 18.0 Å². The predicted molar refractivity (Wildman–Crippen MR) is 124 cm³/mol. The molecule has 0 spiro atoms. The Morgan fingerprint density at radius 1 is 0.886 bits per heavy atom. The molecule has 2 fully saturated rings. The van der Waals surface area contributed by atoms with Crippen LogP contribution in [0.15, 0.2) is 53.4 Å². The second-order valence-corrected chi connectivity index (χ2v) is 10.2. The SMILES string of the molecule is O=C(NNC(=O)c1cccc(S(=O)(=O)N2CCCCC2)c1)c1cccc(CN2C(=O)CNC2=O)c1. The number of nitrogens with zero attached hydrogens (tertiary/aromatic N) is 2. The van der Waals surface area contributed by atoms with E-state index in [1.54, 1.807) is 12.1 Å². The number of rotatable bonds is 6. The molecule has 0 aromatic heterocycles. The van der Waals surface area contributed by atoms with E-state index >= 15 is 0 Å². The van der Waals surface area contributed by atoms with Crippen LogP contribution in [0.1, 0.15) is 45.5 Å². The molecule has 0 radical (unpaired) electrons. The molecule has 2 aliphatic rings. The Morgan fingerprint density at radius 3 is 2.14 bits per heavy atom. The van der Waals surface area contributed by atoms with E-state index in [4.69, 9.17) is 0 Å². The zero-order valence-electron chi connectivity index (χ0n) is 18.8. The Balaban J connectivity index is 1.39. The molecule has 4 rings (SSSR count). The molecule has 3 N–H and O–H groups in total. The van der Waals surface area contributed by atoms with E-state index in [0.717, 1.165) is 24.2 Å². The topological polar surface area (TPSA) is 145 Å². The molecule has 2 aromatic carbocycles. The molecule has 0 aliphatic carbocycles. The van der Waals surface area contributed by atoms with Crippen molar-refractivity contribution in [1.82, 2.24) is 25.4 Å². The number of urea groups is 1. The number of piperidine rings is 1. The van der Waals surface area contributed by atoms with Gasteiger partial charge in [-0.1, -0.05) is 24.6 Å². The van der Waals surface area contributed by atoms with Crippen LogP contribution < -0.4 is 16.2 Å². The summed E-state index contributed by atoms with van der Waals surface area (Å²) in [6, 6.07) is 11.4. The molecule has 12 heteroatoms. The number of hydrazine groups is 1. The minimum absolute atomic E-state index is 0.0103. The Labute approximate surface area is 202 Å². The van der Waals surface area contributed by atoms with E-state index in [9.17, 15) is 27.6 Å². The maximum absolute atomic E-state index is 12.9. The van der Waals surface area contributed by atoms with Crippen molar-refractivity contribution in [3.05, 3.63) is 65.2 Å². The maximum atomic E-state index is 12.9. The van der Waals surface area contributed by atoms with Crippen molar-refractivity contribution in [3.63, 3.8) is 0 Å². The van der Waals surface area contributed by atoms with Crippen molar-refractivity contribution in [3.8, 4) is 0 Å². The summed E-state index contributed by atoms with van der Waals surface area (Å²) in [5, 5.41) is 2.43. The summed E-state index contributed by atoms with van der Waals surface area (Å²) in [6.07, 6.45) is 2.59. The standard InChI is InChI=1S/C23H25N5O6S/c29-20-14-24-23(32)28(20)15-16-6-4-7-17(12-16)21(30)25-26-22(31)18-8-5-9-19(13-18)35(33,34)27-10-2-1-3-11-27/h4-9,12-13H,1-3,10-11,14-15H2,(H,24,32)(H,25,30)(H,26,31). The van der Waals surface area contributed by atoms with Crippen LogP contribution in [-0.2, 0) is 21.4 Å². The average Bonchev–Trinajstić information content (AvgIpc) is 3.20. The minimum Gasteiger partial charge on any atom is -0.329 e. The second kappa shape index (κ2) is 10.2. The molecule has 2 saturated heterocycles. The van der Waals surface area contributed by atoms with Gasteiger partial charge < -0.3 is 5.32 Å². The monoisotopic (exact) mass is 499 g/mol. The molecule has 35 heavy (non-hydrogen) atoms. The number of hydrogen-bond acceptors (Lipinski definition) is 6. The van der Waals surface area contributed by atoms with Gasteiger partial charge in [-0.15, -0.1) is 0 Å². The van der Waals surface area contributed by atoms with Gasteiger partial charge in [0, 0.05) is 24.2 Å². The van der Waals surface area contributed by atoms with Gasteiger partial charge in [0.1, 0.15) is 0 Å². The number of carbonyl (C=O) groups is 4. The fourth-order valence-electron chi connectivity index (χ4n) is 3.92. The van der Waals surface area contributed by atoms with Gasteiger partial charge in [-0.2, -0.15) is 4.31 Å².